The lowest BCUT2D eigenvalue weighted by Gasteiger charge is -2.12. The number of furan rings is 1. The highest BCUT2D eigenvalue weighted by Crippen LogP contribution is 2.25. The van der Waals surface area contributed by atoms with E-state index in [1.165, 1.54) is 11.0 Å². The summed E-state index contributed by atoms with van der Waals surface area (Å²) in [6.45, 7) is 1.90. The van der Waals surface area contributed by atoms with E-state index in [-0.39, 0.29) is 18.5 Å². The van der Waals surface area contributed by atoms with Crippen LogP contribution in [0, 0.1) is 0 Å². The van der Waals surface area contributed by atoms with Gasteiger partial charge >= 0.3 is 0 Å². The monoisotopic (exact) mass is 330 g/mol. The Morgan fingerprint density at radius 1 is 1.35 bits per heavy atom. The molecule has 0 spiro atoms. The summed E-state index contributed by atoms with van der Waals surface area (Å²) >= 11 is 6.18. The maximum absolute atomic E-state index is 12.2. The van der Waals surface area contributed by atoms with Gasteiger partial charge in [-0.2, -0.15) is 5.10 Å². The summed E-state index contributed by atoms with van der Waals surface area (Å²) in [5.41, 5.74) is 0.735. The Morgan fingerprint density at radius 3 is 2.91 bits per heavy atom. The molecular weight excluding hydrogens is 316 g/mol. The lowest BCUT2D eigenvalue weighted by molar-refractivity contribution is -0.122. The van der Waals surface area contributed by atoms with Gasteiger partial charge in [0, 0.05) is 5.56 Å². The molecule has 0 saturated carbocycles. The Hall–Kier alpha value is -2.60. The van der Waals surface area contributed by atoms with Crippen LogP contribution in [0.3, 0.4) is 0 Å². The average Bonchev–Trinajstić information content (AvgIpc) is 3.19. The standard InChI is InChI=1S/C16H15ClN4O2/c1-11(14-7-4-8-23-14)20-15(22)9-21-16(18-10-19-21)12-5-2-3-6-13(12)17/h2-8,10-11H,9H2,1H3,(H,20,22)/t11-/m0/s1. The smallest absolute Gasteiger partial charge is 0.242 e. The third-order valence-corrected chi connectivity index (χ3v) is 3.70. The predicted molar refractivity (Wildman–Crippen MR) is 85.7 cm³/mol. The average molecular weight is 331 g/mol. The van der Waals surface area contributed by atoms with E-state index in [1.807, 2.05) is 31.2 Å². The van der Waals surface area contributed by atoms with Crippen LogP contribution in [0.4, 0.5) is 0 Å². The number of aromatic nitrogens is 3. The third-order valence-electron chi connectivity index (χ3n) is 3.37. The van der Waals surface area contributed by atoms with Gasteiger partial charge in [-0.15, -0.1) is 0 Å². The van der Waals surface area contributed by atoms with Crippen molar-refractivity contribution >= 4 is 17.5 Å². The Labute approximate surface area is 138 Å². The number of nitrogens with zero attached hydrogens (tertiary/aromatic N) is 3. The molecule has 1 N–H and O–H groups in total. The van der Waals surface area contributed by atoms with Gasteiger partial charge in [-0.3, -0.25) is 4.79 Å². The van der Waals surface area contributed by atoms with E-state index >= 15 is 0 Å². The molecule has 3 rings (SSSR count). The van der Waals surface area contributed by atoms with Crippen LogP contribution in [0.5, 0.6) is 0 Å². The minimum absolute atomic E-state index is 0.0472. The molecule has 6 nitrogen and oxygen atoms in total. The highest BCUT2D eigenvalue weighted by atomic mass is 35.5. The summed E-state index contributed by atoms with van der Waals surface area (Å²) in [6.07, 6.45) is 2.98. The number of hydrogen-bond acceptors (Lipinski definition) is 4. The summed E-state index contributed by atoms with van der Waals surface area (Å²) in [5.74, 6) is 1.06. The maximum Gasteiger partial charge on any atom is 0.242 e. The van der Waals surface area contributed by atoms with E-state index in [2.05, 4.69) is 15.4 Å². The number of benzene rings is 1. The summed E-state index contributed by atoms with van der Waals surface area (Å²) < 4.78 is 6.79. The molecule has 0 radical (unpaired) electrons. The van der Waals surface area contributed by atoms with E-state index in [1.54, 1.807) is 18.4 Å². The van der Waals surface area contributed by atoms with Crippen LogP contribution >= 0.6 is 11.6 Å². The van der Waals surface area contributed by atoms with Gasteiger partial charge in [-0.1, -0.05) is 23.7 Å². The van der Waals surface area contributed by atoms with E-state index in [9.17, 15) is 4.79 Å². The van der Waals surface area contributed by atoms with Crippen molar-refractivity contribution in [3.05, 3.63) is 59.8 Å². The Balaban J connectivity index is 1.73. The molecule has 1 amide bonds. The van der Waals surface area contributed by atoms with Crippen LogP contribution in [0.1, 0.15) is 18.7 Å². The van der Waals surface area contributed by atoms with Crippen molar-refractivity contribution in [2.75, 3.05) is 0 Å². The zero-order chi connectivity index (χ0) is 16.2. The van der Waals surface area contributed by atoms with Gasteiger partial charge in [-0.05, 0) is 31.2 Å². The second-order valence-corrected chi connectivity index (χ2v) is 5.43. The molecule has 0 saturated heterocycles. The molecule has 0 aliphatic heterocycles. The highest BCUT2D eigenvalue weighted by molar-refractivity contribution is 6.33. The summed E-state index contributed by atoms with van der Waals surface area (Å²) in [6, 6.07) is 10.7. The first kappa shape index (κ1) is 15.3. The number of carbonyl (C=O) groups excluding carboxylic acids is 1. The number of rotatable bonds is 5. The van der Waals surface area contributed by atoms with Gasteiger partial charge in [0.15, 0.2) is 5.82 Å². The minimum atomic E-state index is -0.218. The molecule has 3 aromatic rings. The van der Waals surface area contributed by atoms with Crippen LogP contribution in [0.15, 0.2) is 53.4 Å². The van der Waals surface area contributed by atoms with Crippen molar-refractivity contribution in [1.82, 2.24) is 20.1 Å². The fourth-order valence-electron chi connectivity index (χ4n) is 2.26. The van der Waals surface area contributed by atoms with Crippen molar-refractivity contribution in [3.63, 3.8) is 0 Å². The quantitative estimate of drug-likeness (QED) is 0.780. The zero-order valence-electron chi connectivity index (χ0n) is 12.4. The third kappa shape index (κ3) is 3.43. The van der Waals surface area contributed by atoms with Crippen LogP contribution in [-0.2, 0) is 11.3 Å². The summed E-state index contributed by atoms with van der Waals surface area (Å²) in [7, 11) is 0. The SMILES string of the molecule is C[C@H](NC(=O)Cn1ncnc1-c1ccccc1Cl)c1ccco1. The van der Waals surface area contributed by atoms with E-state index in [0.717, 1.165) is 5.56 Å². The number of carbonyl (C=O) groups is 1. The predicted octanol–water partition coefficient (Wildman–Crippen LogP) is 3.07. The van der Waals surface area contributed by atoms with Gasteiger partial charge in [0.2, 0.25) is 5.91 Å². The molecule has 118 valence electrons. The first-order valence-electron chi connectivity index (χ1n) is 7.10. The van der Waals surface area contributed by atoms with Crippen LogP contribution in [-0.4, -0.2) is 20.7 Å². The second-order valence-electron chi connectivity index (χ2n) is 5.03. The Bertz CT molecular complexity index is 798. The molecule has 2 heterocycles. The van der Waals surface area contributed by atoms with Gasteiger partial charge in [-0.25, -0.2) is 9.67 Å². The molecule has 0 aliphatic carbocycles. The molecule has 0 aliphatic rings. The first-order chi connectivity index (χ1) is 11.1. The number of halogens is 1. The number of amides is 1. The number of hydrogen-bond donors (Lipinski definition) is 1. The molecule has 2 aromatic heterocycles. The first-order valence-corrected chi connectivity index (χ1v) is 7.48. The van der Waals surface area contributed by atoms with Crippen molar-refractivity contribution in [2.24, 2.45) is 0 Å². The fraction of sp³-hybridized carbons (Fsp3) is 0.188. The molecule has 1 atom stereocenters. The molecular formula is C16H15ClN4O2. The second kappa shape index (κ2) is 6.66. The van der Waals surface area contributed by atoms with Crippen LogP contribution in [0.25, 0.3) is 11.4 Å². The van der Waals surface area contributed by atoms with E-state index in [0.29, 0.717) is 16.6 Å². The summed E-state index contributed by atoms with van der Waals surface area (Å²) in [4.78, 5) is 16.4. The van der Waals surface area contributed by atoms with Crippen molar-refractivity contribution in [1.29, 1.82) is 0 Å². The van der Waals surface area contributed by atoms with E-state index in [4.69, 9.17) is 16.0 Å². The fourth-order valence-corrected chi connectivity index (χ4v) is 2.48. The largest absolute Gasteiger partial charge is 0.467 e. The van der Waals surface area contributed by atoms with Crippen LogP contribution in [0.2, 0.25) is 5.02 Å². The molecule has 0 unspecified atom stereocenters. The van der Waals surface area contributed by atoms with Crippen LogP contribution < -0.4 is 5.32 Å². The molecule has 0 fully saturated rings. The van der Waals surface area contributed by atoms with Crippen molar-refractivity contribution < 1.29 is 9.21 Å². The topological polar surface area (TPSA) is 73.0 Å². The lowest BCUT2D eigenvalue weighted by Crippen LogP contribution is -2.30. The Morgan fingerprint density at radius 2 is 2.17 bits per heavy atom. The van der Waals surface area contributed by atoms with Crippen molar-refractivity contribution in [3.8, 4) is 11.4 Å². The molecule has 0 bridgehead atoms. The number of nitrogens with one attached hydrogen (secondary N) is 1. The van der Waals surface area contributed by atoms with Gasteiger partial charge in [0.05, 0.1) is 17.3 Å². The Kier molecular flexibility index (Phi) is 4.43. The zero-order valence-corrected chi connectivity index (χ0v) is 13.2. The lowest BCUT2D eigenvalue weighted by atomic mass is 10.2. The van der Waals surface area contributed by atoms with Crippen molar-refractivity contribution in [2.45, 2.75) is 19.5 Å². The molecule has 1 aromatic carbocycles. The van der Waals surface area contributed by atoms with E-state index < -0.39 is 0 Å². The van der Waals surface area contributed by atoms with Gasteiger partial charge < -0.3 is 9.73 Å². The van der Waals surface area contributed by atoms with Gasteiger partial charge in [0.1, 0.15) is 18.6 Å². The van der Waals surface area contributed by atoms with Gasteiger partial charge in [0.25, 0.3) is 0 Å². The normalized spacial score (nSPS) is 12.1. The molecule has 7 heteroatoms. The molecule has 23 heavy (non-hydrogen) atoms. The maximum atomic E-state index is 12.2. The summed E-state index contributed by atoms with van der Waals surface area (Å²) in [5, 5.41) is 7.53. The highest BCUT2D eigenvalue weighted by Gasteiger charge is 2.16. The minimum Gasteiger partial charge on any atom is -0.467 e.